The summed E-state index contributed by atoms with van der Waals surface area (Å²) in [6.07, 6.45) is -2.47. The van der Waals surface area contributed by atoms with E-state index < -0.39 is 97.0 Å². The molecule has 17 heteroatoms. The molecule has 3 saturated heterocycles. The van der Waals surface area contributed by atoms with Crippen molar-refractivity contribution < 1.29 is 83.9 Å². The number of ether oxygens (including phenoxy) is 7. The summed E-state index contributed by atoms with van der Waals surface area (Å²) in [5.74, 6) is 0.204. The molecule has 0 unspecified atom stereocenters. The van der Waals surface area contributed by atoms with Crippen LogP contribution in [0.3, 0.4) is 0 Å². The van der Waals surface area contributed by atoms with Crippen LogP contribution in [0.2, 0.25) is 0 Å². The first kappa shape index (κ1) is 47.6. The normalized spacial score (nSPS) is 51.1. The van der Waals surface area contributed by atoms with Gasteiger partial charge in [-0.15, -0.1) is 0 Å². The van der Waals surface area contributed by atoms with Gasteiger partial charge in [0, 0.05) is 30.8 Å². The third kappa shape index (κ3) is 9.11. The largest absolute Gasteiger partial charge is 0.458 e. The minimum Gasteiger partial charge on any atom is -0.458 e. The van der Waals surface area contributed by atoms with Gasteiger partial charge in [0.15, 0.2) is 18.9 Å². The molecule has 9 N–H and O–H groups in total. The molecule has 0 amide bonds. The van der Waals surface area contributed by atoms with E-state index in [0.717, 1.165) is 44.1 Å². The lowest BCUT2D eigenvalue weighted by molar-refractivity contribution is -0.336. The average molecular weight is 873 g/mol. The van der Waals surface area contributed by atoms with Crippen LogP contribution in [0.5, 0.6) is 0 Å². The predicted octanol–water partition coefficient (Wildman–Crippen LogP) is 0.550. The lowest BCUT2D eigenvalue weighted by Crippen LogP contribution is -2.67. The van der Waals surface area contributed by atoms with Gasteiger partial charge in [0.05, 0.1) is 67.6 Å². The SMILES string of the molecule is C[C@H]1O[C@@H](O[C@H]2[C@@H](O)C[C@H](O[C@H]3[C@@H](O)C[C@H](O[C@H]4CC[C@@]5(C)[C@H](CC[C@@H]6[C@@H]5C[C@@H](O)[C@]5(C)[C@@H](C7=CC(=O)OC7)CC[C@]65O)C4)O[C@@H]3C)O[C@@H]2C)C[C@H](O)[C@@H]1O.OCC(O)CO. The standard InChI is InChI=1S/C41H64O14.C3H8O3/c1-19-36(47)28(42)15-34(50-19)54-38-21(3)52-35(17-30(38)44)55-37-20(2)51-33(16-29(37)43)53-24-8-10-39(4)23(13-24)6-7-26-27(39)14-31(45)40(5)25(9-11-41(26,40)48)22-12-32(46)49-18-22;4-1-3(6)2-5/h12,19-21,23-31,33-38,42-45,47-48H,6-11,13-18H2,1-5H3;3-6H,1-2H2/t19-,20-,21-,23-,24+,25-,26-,27+,28+,29+,30+,31-,33+,34+,35+,36-,37-,38-,39+,40+,41+;/m1./s1. The van der Waals surface area contributed by atoms with E-state index in [0.29, 0.717) is 18.8 Å². The Morgan fingerprint density at radius 1 is 0.721 bits per heavy atom. The summed E-state index contributed by atoms with van der Waals surface area (Å²) in [5, 5.41) is 90.9. The van der Waals surface area contributed by atoms with E-state index in [2.05, 4.69) is 6.92 Å². The highest BCUT2D eigenvalue weighted by Crippen LogP contribution is 2.70. The van der Waals surface area contributed by atoms with Crippen molar-refractivity contribution >= 4 is 5.97 Å². The number of carbonyl (C=O) groups excluding carboxylic acids is 1. The zero-order valence-corrected chi connectivity index (χ0v) is 36.2. The summed E-state index contributed by atoms with van der Waals surface area (Å²) in [4.78, 5) is 11.9. The zero-order chi connectivity index (χ0) is 44.2. The van der Waals surface area contributed by atoms with E-state index in [1.165, 1.54) is 0 Å². The molecule has 8 rings (SSSR count). The first-order chi connectivity index (χ1) is 28.8. The van der Waals surface area contributed by atoms with Crippen LogP contribution in [0, 0.1) is 34.5 Å². The summed E-state index contributed by atoms with van der Waals surface area (Å²) >= 11 is 0. The van der Waals surface area contributed by atoms with Crippen LogP contribution in [-0.2, 0) is 38.0 Å². The van der Waals surface area contributed by atoms with Crippen molar-refractivity contribution in [3.63, 3.8) is 0 Å². The molecular formula is C44H72O17. The molecule has 0 radical (unpaired) electrons. The van der Waals surface area contributed by atoms with E-state index in [-0.39, 0.29) is 74.3 Å². The Balaban J connectivity index is 0.000000873. The molecule has 0 aromatic rings. The Hall–Kier alpha value is -1.39. The highest BCUT2D eigenvalue weighted by molar-refractivity contribution is 5.85. The maximum atomic E-state index is 12.6. The molecule has 350 valence electrons. The molecule has 61 heavy (non-hydrogen) atoms. The Morgan fingerprint density at radius 2 is 1.30 bits per heavy atom. The molecule has 4 saturated carbocycles. The van der Waals surface area contributed by atoms with Crippen LogP contribution in [0.4, 0.5) is 0 Å². The summed E-state index contributed by atoms with van der Waals surface area (Å²) in [6.45, 7) is 9.17. The third-order valence-corrected chi connectivity index (χ3v) is 16.4. The quantitative estimate of drug-likeness (QED) is 0.113. The van der Waals surface area contributed by atoms with Crippen LogP contribution in [0.25, 0.3) is 0 Å². The second kappa shape index (κ2) is 18.8. The third-order valence-electron chi connectivity index (χ3n) is 16.4. The maximum Gasteiger partial charge on any atom is 0.331 e. The molecule has 4 heterocycles. The van der Waals surface area contributed by atoms with E-state index in [4.69, 9.17) is 48.5 Å². The van der Waals surface area contributed by atoms with Gasteiger partial charge in [0.25, 0.3) is 0 Å². The van der Waals surface area contributed by atoms with Gasteiger partial charge < -0.3 is 79.1 Å². The van der Waals surface area contributed by atoms with Crippen molar-refractivity contribution in [2.75, 3.05) is 19.8 Å². The van der Waals surface area contributed by atoms with Crippen LogP contribution in [0.15, 0.2) is 11.6 Å². The Kier molecular flexibility index (Phi) is 14.7. The summed E-state index contributed by atoms with van der Waals surface area (Å²) < 4.78 is 42.1. The topological polar surface area (TPSA) is 264 Å². The van der Waals surface area contributed by atoms with Crippen molar-refractivity contribution in [1.29, 1.82) is 0 Å². The molecule has 17 nitrogen and oxygen atoms in total. The molecule has 8 aliphatic rings. The van der Waals surface area contributed by atoms with Gasteiger partial charge in [0.2, 0.25) is 0 Å². The monoisotopic (exact) mass is 872 g/mol. The van der Waals surface area contributed by atoms with Gasteiger partial charge in [0.1, 0.15) is 31.0 Å². The molecule has 4 aliphatic carbocycles. The number of hydrogen-bond donors (Lipinski definition) is 9. The smallest absolute Gasteiger partial charge is 0.331 e. The predicted molar refractivity (Wildman–Crippen MR) is 213 cm³/mol. The van der Waals surface area contributed by atoms with Crippen molar-refractivity contribution in [2.45, 2.75) is 203 Å². The van der Waals surface area contributed by atoms with Crippen LogP contribution in [-0.4, -0.2) is 169 Å². The van der Waals surface area contributed by atoms with E-state index in [1.807, 2.05) is 13.8 Å². The second-order valence-electron chi connectivity index (χ2n) is 19.8. The molecule has 0 aromatic carbocycles. The van der Waals surface area contributed by atoms with Gasteiger partial charge in [-0.2, -0.15) is 0 Å². The number of aliphatic hydroxyl groups is 9. The highest BCUT2D eigenvalue weighted by Gasteiger charge is 2.71. The number of aliphatic hydroxyl groups excluding tert-OH is 8. The molecular weight excluding hydrogens is 800 g/mol. The van der Waals surface area contributed by atoms with Crippen LogP contribution >= 0.6 is 0 Å². The van der Waals surface area contributed by atoms with Crippen molar-refractivity contribution in [3.8, 4) is 0 Å². The van der Waals surface area contributed by atoms with E-state index >= 15 is 0 Å². The Bertz CT molecular complexity index is 1490. The van der Waals surface area contributed by atoms with Gasteiger partial charge in [-0.1, -0.05) is 13.8 Å². The van der Waals surface area contributed by atoms with Crippen molar-refractivity contribution in [3.05, 3.63) is 11.6 Å². The highest BCUT2D eigenvalue weighted by atomic mass is 16.7. The van der Waals surface area contributed by atoms with Crippen molar-refractivity contribution in [1.82, 2.24) is 0 Å². The van der Waals surface area contributed by atoms with Crippen molar-refractivity contribution in [2.24, 2.45) is 34.5 Å². The van der Waals surface area contributed by atoms with Gasteiger partial charge in [-0.05, 0) is 107 Å². The first-order valence-electron chi connectivity index (χ1n) is 22.6. The fourth-order valence-corrected chi connectivity index (χ4v) is 12.8. The number of rotatable bonds is 9. The molecule has 0 aromatic heterocycles. The van der Waals surface area contributed by atoms with E-state index in [9.17, 15) is 35.4 Å². The van der Waals surface area contributed by atoms with Gasteiger partial charge >= 0.3 is 5.97 Å². The molecule has 0 bridgehead atoms. The summed E-state index contributed by atoms with van der Waals surface area (Å²) in [5.41, 5.74) is -0.892. The minimum absolute atomic E-state index is 0.0452. The Labute approximate surface area is 358 Å². The lowest BCUT2D eigenvalue weighted by atomic mass is 9.42. The van der Waals surface area contributed by atoms with Crippen LogP contribution < -0.4 is 0 Å². The summed E-state index contributed by atoms with van der Waals surface area (Å²) in [7, 11) is 0. The number of cyclic esters (lactones) is 1. The first-order valence-corrected chi connectivity index (χ1v) is 22.6. The molecule has 7 fully saturated rings. The van der Waals surface area contributed by atoms with Gasteiger partial charge in [-0.25, -0.2) is 4.79 Å². The number of hydrogen-bond acceptors (Lipinski definition) is 17. The number of fused-ring (bicyclic) bond motifs is 5. The fraction of sp³-hybridized carbons (Fsp3) is 0.932. The summed E-state index contributed by atoms with van der Waals surface area (Å²) in [6, 6.07) is 0. The molecule has 21 atom stereocenters. The number of carbonyl (C=O) groups is 1. The average Bonchev–Trinajstić information content (AvgIpc) is 3.77. The van der Waals surface area contributed by atoms with Gasteiger partial charge in [-0.3, -0.25) is 0 Å². The minimum atomic E-state index is -1.01. The molecule has 0 spiro atoms. The van der Waals surface area contributed by atoms with E-state index in [1.54, 1.807) is 19.9 Å². The lowest BCUT2D eigenvalue weighted by Gasteiger charge is -2.65. The Morgan fingerprint density at radius 3 is 1.82 bits per heavy atom. The zero-order valence-electron chi connectivity index (χ0n) is 36.2. The fourth-order valence-electron chi connectivity index (χ4n) is 12.8. The maximum absolute atomic E-state index is 12.6. The second-order valence-corrected chi connectivity index (χ2v) is 19.8. The number of esters is 1. The van der Waals surface area contributed by atoms with Crippen LogP contribution in [0.1, 0.15) is 105 Å². The molecule has 4 aliphatic heterocycles.